The molecule has 5 heteroatoms. The van der Waals surface area contributed by atoms with E-state index in [1.54, 1.807) is 0 Å². The molecule has 1 amide bonds. The molecule has 0 aromatic heterocycles. The smallest absolute Gasteiger partial charge is 0.234 e. The summed E-state index contributed by atoms with van der Waals surface area (Å²) in [5, 5.41) is 0.0525. The van der Waals surface area contributed by atoms with Crippen LogP contribution in [0.15, 0.2) is 0 Å². The lowest BCUT2D eigenvalue weighted by atomic mass is 10.0. The average Bonchev–Trinajstić information content (AvgIpc) is 2.29. The number of alkyl halides is 1. The Bertz CT molecular complexity index is 215. The number of rotatable bonds is 1. The van der Waals surface area contributed by atoms with Gasteiger partial charge < -0.3 is 5.73 Å². The van der Waals surface area contributed by atoms with Crippen molar-refractivity contribution in [3.05, 3.63) is 0 Å². The van der Waals surface area contributed by atoms with E-state index in [0.29, 0.717) is 6.42 Å². The summed E-state index contributed by atoms with van der Waals surface area (Å²) in [6.45, 7) is 6.95. The number of amides is 1. The highest BCUT2D eigenvalue weighted by Gasteiger charge is 2.40. The van der Waals surface area contributed by atoms with Crippen LogP contribution in [0.25, 0.3) is 0 Å². The predicted molar refractivity (Wildman–Crippen MR) is 60.9 cm³/mol. The van der Waals surface area contributed by atoms with Crippen molar-refractivity contribution < 1.29 is 4.79 Å². The highest BCUT2D eigenvalue weighted by atomic mass is 35.5. The maximum atomic E-state index is 11.1. The summed E-state index contributed by atoms with van der Waals surface area (Å²) in [7, 11) is 0. The number of nitrogens with zero attached hydrogens (tertiary/aromatic N) is 1. The van der Waals surface area contributed by atoms with E-state index >= 15 is 0 Å². The molecule has 1 saturated heterocycles. The molecule has 2 atom stereocenters. The van der Waals surface area contributed by atoms with Gasteiger partial charge in [0, 0.05) is 17.5 Å². The molecule has 0 spiro atoms. The topological polar surface area (TPSA) is 46.3 Å². The van der Waals surface area contributed by atoms with Crippen LogP contribution in [0.3, 0.4) is 0 Å². The van der Waals surface area contributed by atoms with Gasteiger partial charge in [0.15, 0.2) is 0 Å². The number of likely N-dealkylation sites (tertiary alicyclic amines) is 1. The van der Waals surface area contributed by atoms with Crippen LogP contribution in [0, 0.1) is 0 Å². The van der Waals surface area contributed by atoms with Gasteiger partial charge in [0.05, 0.1) is 6.04 Å². The summed E-state index contributed by atoms with van der Waals surface area (Å²) in [4.78, 5) is 13.2. The number of halogens is 2. The summed E-state index contributed by atoms with van der Waals surface area (Å²) in [6, 6.07) is -0.192. The van der Waals surface area contributed by atoms with Crippen LogP contribution >= 0.6 is 24.0 Å². The fourth-order valence-electron chi connectivity index (χ4n) is 1.80. The van der Waals surface area contributed by atoms with E-state index < -0.39 is 0 Å². The zero-order chi connectivity index (χ0) is 10.2. The van der Waals surface area contributed by atoms with E-state index in [0.717, 1.165) is 6.54 Å². The second kappa shape index (κ2) is 4.69. The lowest BCUT2D eigenvalue weighted by Crippen LogP contribution is -2.49. The molecular weight excluding hydrogens is 223 g/mol. The maximum Gasteiger partial charge on any atom is 0.234 e. The van der Waals surface area contributed by atoms with Crippen LogP contribution in [0.4, 0.5) is 0 Å². The standard InChI is InChI=1S/C9H17ClN2O.ClH/c1-9(2,3)12-5-6(10)4-7(12)8(11)13;/h6-7H,4-5H2,1-3H3,(H2,11,13);1H/t6-,7-;/m0./s1. The van der Waals surface area contributed by atoms with Gasteiger partial charge in [0.25, 0.3) is 0 Å². The van der Waals surface area contributed by atoms with Crippen molar-refractivity contribution in [3.63, 3.8) is 0 Å². The van der Waals surface area contributed by atoms with E-state index in [1.807, 2.05) is 0 Å². The summed E-state index contributed by atoms with van der Waals surface area (Å²) < 4.78 is 0. The maximum absolute atomic E-state index is 11.1. The SMILES string of the molecule is CC(C)(C)N1C[C@@H](Cl)C[C@H]1C(N)=O.Cl. The quantitative estimate of drug-likeness (QED) is 0.705. The van der Waals surface area contributed by atoms with E-state index in [-0.39, 0.29) is 35.3 Å². The van der Waals surface area contributed by atoms with Crippen molar-refractivity contribution in [2.75, 3.05) is 6.54 Å². The molecule has 0 aromatic rings. The third kappa shape index (κ3) is 3.01. The first-order chi connectivity index (χ1) is 5.82. The van der Waals surface area contributed by atoms with Crippen molar-refractivity contribution in [3.8, 4) is 0 Å². The summed E-state index contributed by atoms with van der Waals surface area (Å²) in [5.41, 5.74) is 5.27. The first kappa shape index (κ1) is 14.0. The number of carbonyl (C=O) groups is 1. The molecule has 2 N–H and O–H groups in total. The minimum atomic E-state index is -0.266. The van der Waals surface area contributed by atoms with Crippen LogP contribution in [0.1, 0.15) is 27.2 Å². The van der Waals surface area contributed by atoms with Crippen LogP contribution in [-0.2, 0) is 4.79 Å². The first-order valence-corrected chi connectivity index (χ1v) is 4.96. The zero-order valence-corrected chi connectivity index (χ0v) is 10.4. The van der Waals surface area contributed by atoms with Crippen LogP contribution in [0.5, 0.6) is 0 Å². The van der Waals surface area contributed by atoms with Crippen molar-refractivity contribution in [1.82, 2.24) is 4.90 Å². The molecule has 1 fully saturated rings. The van der Waals surface area contributed by atoms with Gasteiger partial charge in [-0.3, -0.25) is 9.69 Å². The molecular formula is C9H18Cl2N2O. The molecule has 14 heavy (non-hydrogen) atoms. The minimum absolute atomic E-state index is 0. The van der Waals surface area contributed by atoms with Crippen LogP contribution in [0.2, 0.25) is 0 Å². The second-order valence-electron chi connectivity index (χ2n) is 4.57. The highest BCUT2D eigenvalue weighted by Crippen LogP contribution is 2.28. The van der Waals surface area contributed by atoms with E-state index in [4.69, 9.17) is 17.3 Å². The monoisotopic (exact) mass is 240 g/mol. The third-order valence-electron chi connectivity index (χ3n) is 2.44. The van der Waals surface area contributed by atoms with Crippen LogP contribution in [-0.4, -0.2) is 34.3 Å². The molecule has 1 aliphatic heterocycles. The molecule has 3 nitrogen and oxygen atoms in total. The number of carbonyl (C=O) groups excluding carboxylic acids is 1. The number of hydrogen-bond donors (Lipinski definition) is 1. The number of nitrogens with two attached hydrogens (primary N) is 1. The molecule has 0 bridgehead atoms. The fourth-order valence-corrected chi connectivity index (χ4v) is 2.11. The number of hydrogen-bond acceptors (Lipinski definition) is 2. The fraction of sp³-hybridized carbons (Fsp3) is 0.889. The molecule has 0 saturated carbocycles. The molecule has 1 aliphatic rings. The summed E-state index contributed by atoms with van der Waals surface area (Å²) in [5.74, 6) is -0.266. The molecule has 0 aromatic carbocycles. The van der Waals surface area contributed by atoms with Gasteiger partial charge in [0.2, 0.25) is 5.91 Å². The predicted octanol–water partition coefficient (Wildman–Crippen LogP) is 1.37. The van der Waals surface area contributed by atoms with Crippen LogP contribution < -0.4 is 5.73 Å². The van der Waals surface area contributed by atoms with Crippen molar-refractivity contribution >= 4 is 29.9 Å². The minimum Gasteiger partial charge on any atom is -0.368 e. The van der Waals surface area contributed by atoms with Gasteiger partial charge in [-0.15, -0.1) is 24.0 Å². The largest absolute Gasteiger partial charge is 0.368 e. The van der Waals surface area contributed by atoms with E-state index in [9.17, 15) is 4.79 Å². The molecule has 84 valence electrons. The Labute approximate surface area is 96.4 Å². The normalized spacial score (nSPS) is 28.6. The van der Waals surface area contributed by atoms with Gasteiger partial charge in [-0.05, 0) is 27.2 Å². The van der Waals surface area contributed by atoms with Gasteiger partial charge in [0.1, 0.15) is 0 Å². The highest BCUT2D eigenvalue weighted by molar-refractivity contribution is 6.21. The van der Waals surface area contributed by atoms with Gasteiger partial charge >= 0.3 is 0 Å². The molecule has 0 radical (unpaired) electrons. The second-order valence-corrected chi connectivity index (χ2v) is 5.19. The Morgan fingerprint density at radius 2 is 2.00 bits per heavy atom. The lowest BCUT2D eigenvalue weighted by molar-refractivity contribution is -0.123. The first-order valence-electron chi connectivity index (χ1n) is 4.52. The van der Waals surface area contributed by atoms with Gasteiger partial charge in [-0.2, -0.15) is 0 Å². The summed E-state index contributed by atoms with van der Waals surface area (Å²) in [6.07, 6.45) is 0.675. The van der Waals surface area contributed by atoms with Crippen molar-refractivity contribution in [2.45, 2.75) is 44.1 Å². The Morgan fingerprint density at radius 3 is 2.29 bits per heavy atom. The third-order valence-corrected chi connectivity index (χ3v) is 2.76. The Balaban J connectivity index is 0.00000169. The molecule has 0 aliphatic carbocycles. The van der Waals surface area contributed by atoms with Gasteiger partial charge in [-0.1, -0.05) is 0 Å². The van der Waals surface area contributed by atoms with E-state index in [2.05, 4.69) is 25.7 Å². The Kier molecular flexibility index (Phi) is 4.69. The molecule has 1 heterocycles. The average molecular weight is 241 g/mol. The van der Waals surface area contributed by atoms with Gasteiger partial charge in [-0.25, -0.2) is 0 Å². The lowest BCUT2D eigenvalue weighted by Gasteiger charge is -2.35. The Morgan fingerprint density at radius 1 is 1.50 bits per heavy atom. The molecule has 0 unspecified atom stereocenters. The van der Waals surface area contributed by atoms with Crippen molar-refractivity contribution in [2.24, 2.45) is 5.73 Å². The Hall–Kier alpha value is 0.01000. The molecule has 1 rings (SSSR count). The number of primary amides is 1. The zero-order valence-electron chi connectivity index (χ0n) is 8.79. The van der Waals surface area contributed by atoms with E-state index in [1.165, 1.54) is 0 Å². The van der Waals surface area contributed by atoms with Crippen molar-refractivity contribution in [1.29, 1.82) is 0 Å². The summed E-state index contributed by atoms with van der Waals surface area (Å²) >= 11 is 6.00.